The van der Waals surface area contributed by atoms with Crippen LogP contribution in [0.1, 0.15) is 43.7 Å². The number of halogens is 1. The molecule has 1 aromatic heterocycles. The summed E-state index contributed by atoms with van der Waals surface area (Å²) in [6.45, 7) is 8.07. The van der Waals surface area contributed by atoms with E-state index in [4.69, 9.17) is 9.84 Å². The number of nitrogens with one attached hydrogen (secondary N) is 2. The van der Waals surface area contributed by atoms with Crippen LogP contribution in [0.2, 0.25) is 0 Å². The van der Waals surface area contributed by atoms with E-state index in [1.54, 1.807) is 23.7 Å². The number of anilines is 2. The fourth-order valence-corrected chi connectivity index (χ4v) is 3.64. The Labute approximate surface area is 202 Å². The summed E-state index contributed by atoms with van der Waals surface area (Å²) in [6, 6.07) is 17.9. The van der Waals surface area contributed by atoms with Gasteiger partial charge in [0.05, 0.1) is 23.6 Å². The number of esters is 1. The predicted octanol–water partition coefficient (Wildman–Crippen LogP) is 6.28. The Kier molecular flexibility index (Phi) is 6.55. The van der Waals surface area contributed by atoms with E-state index >= 15 is 0 Å². The second-order valence-electron chi connectivity index (χ2n) is 9.10. The molecule has 2 N–H and O–H groups in total. The zero-order valence-corrected chi connectivity index (χ0v) is 20.1. The van der Waals surface area contributed by atoms with Crippen LogP contribution < -0.4 is 10.6 Å². The van der Waals surface area contributed by atoms with Crippen LogP contribution in [-0.2, 0) is 10.2 Å². The van der Waals surface area contributed by atoms with Crippen molar-refractivity contribution in [3.05, 3.63) is 83.8 Å². The van der Waals surface area contributed by atoms with Gasteiger partial charge in [0.15, 0.2) is 0 Å². The van der Waals surface area contributed by atoms with E-state index in [2.05, 4.69) is 10.6 Å². The van der Waals surface area contributed by atoms with E-state index in [9.17, 15) is 14.0 Å². The van der Waals surface area contributed by atoms with Gasteiger partial charge in [-0.25, -0.2) is 18.7 Å². The van der Waals surface area contributed by atoms with Crippen molar-refractivity contribution in [3.63, 3.8) is 0 Å². The highest BCUT2D eigenvalue weighted by Crippen LogP contribution is 2.30. The summed E-state index contributed by atoms with van der Waals surface area (Å²) in [4.78, 5) is 25.5. The summed E-state index contributed by atoms with van der Waals surface area (Å²) >= 11 is 0. The minimum Gasteiger partial charge on any atom is -0.462 e. The fourth-order valence-electron chi connectivity index (χ4n) is 3.64. The number of amides is 2. The highest BCUT2D eigenvalue weighted by molar-refractivity contribution is 6.05. The minimum absolute atomic E-state index is 0.254. The average molecular weight is 475 g/mol. The Morgan fingerprint density at radius 1 is 1.00 bits per heavy atom. The summed E-state index contributed by atoms with van der Waals surface area (Å²) in [5.41, 5.74) is 1.91. The Bertz CT molecular complexity index is 1390. The van der Waals surface area contributed by atoms with Gasteiger partial charge in [0.1, 0.15) is 11.6 Å². The standard InChI is InChI=1S/C27H27FN4O3/c1-5-35-25(33)22-15-20(14-17-8-6-7-9-21(17)22)32-24(16-23(31-32)27(2,3)4)30-26(34)29-19-12-10-18(28)11-13-19/h6-16H,5H2,1-4H3,(H2,29,30,34). The molecule has 4 rings (SSSR count). The molecule has 8 heteroatoms. The van der Waals surface area contributed by atoms with Crippen molar-refractivity contribution in [1.82, 2.24) is 9.78 Å². The molecule has 2 amide bonds. The quantitative estimate of drug-likeness (QED) is 0.333. The molecule has 0 aliphatic rings. The number of carbonyl (C=O) groups is 2. The molecule has 0 fully saturated rings. The molecule has 0 aliphatic carbocycles. The van der Waals surface area contributed by atoms with E-state index < -0.39 is 17.8 Å². The first-order valence-electron chi connectivity index (χ1n) is 11.3. The van der Waals surface area contributed by atoms with Crippen molar-refractivity contribution >= 4 is 34.3 Å². The largest absolute Gasteiger partial charge is 0.462 e. The first kappa shape index (κ1) is 23.9. The lowest BCUT2D eigenvalue weighted by Crippen LogP contribution is -2.21. The second-order valence-corrected chi connectivity index (χ2v) is 9.10. The average Bonchev–Trinajstić information content (AvgIpc) is 3.24. The van der Waals surface area contributed by atoms with Gasteiger partial charge in [-0.3, -0.25) is 5.32 Å². The number of fused-ring (bicyclic) bond motifs is 1. The van der Waals surface area contributed by atoms with Crippen molar-refractivity contribution < 1.29 is 18.7 Å². The van der Waals surface area contributed by atoms with Crippen molar-refractivity contribution in [2.45, 2.75) is 33.1 Å². The van der Waals surface area contributed by atoms with E-state index in [1.165, 1.54) is 24.3 Å². The van der Waals surface area contributed by atoms with E-state index in [0.717, 1.165) is 16.5 Å². The zero-order chi connectivity index (χ0) is 25.2. The number of urea groups is 1. The monoisotopic (exact) mass is 474 g/mol. The van der Waals surface area contributed by atoms with Gasteiger partial charge in [-0.15, -0.1) is 0 Å². The molecule has 0 unspecified atom stereocenters. The molecular weight excluding hydrogens is 447 g/mol. The number of hydrogen-bond acceptors (Lipinski definition) is 4. The van der Waals surface area contributed by atoms with Gasteiger partial charge < -0.3 is 10.1 Å². The minimum atomic E-state index is -0.510. The van der Waals surface area contributed by atoms with Crippen LogP contribution in [0.25, 0.3) is 16.5 Å². The Balaban J connectivity index is 1.77. The number of aromatic nitrogens is 2. The third kappa shape index (κ3) is 5.32. The molecule has 0 saturated heterocycles. The lowest BCUT2D eigenvalue weighted by atomic mass is 9.92. The number of benzene rings is 3. The van der Waals surface area contributed by atoms with Crippen LogP contribution in [0.15, 0.2) is 66.7 Å². The number of hydrogen-bond donors (Lipinski definition) is 2. The molecular formula is C27H27FN4O3. The third-order valence-electron chi connectivity index (χ3n) is 5.41. The molecule has 0 radical (unpaired) electrons. The molecule has 7 nitrogen and oxygen atoms in total. The zero-order valence-electron chi connectivity index (χ0n) is 20.1. The van der Waals surface area contributed by atoms with Gasteiger partial charge in [0.2, 0.25) is 0 Å². The summed E-state index contributed by atoms with van der Waals surface area (Å²) in [6.07, 6.45) is 0. The molecule has 0 spiro atoms. The van der Waals surface area contributed by atoms with Crippen molar-refractivity contribution in [2.24, 2.45) is 0 Å². The summed E-state index contributed by atoms with van der Waals surface area (Å²) < 4.78 is 20.1. The van der Waals surface area contributed by atoms with Crippen LogP contribution >= 0.6 is 0 Å². The van der Waals surface area contributed by atoms with Crippen LogP contribution in [0.5, 0.6) is 0 Å². The molecule has 35 heavy (non-hydrogen) atoms. The van der Waals surface area contributed by atoms with Crippen molar-refractivity contribution in [3.8, 4) is 5.69 Å². The lowest BCUT2D eigenvalue weighted by molar-refractivity contribution is 0.0528. The lowest BCUT2D eigenvalue weighted by Gasteiger charge is -2.14. The van der Waals surface area contributed by atoms with Crippen LogP contribution in [0, 0.1) is 5.82 Å². The SMILES string of the molecule is CCOC(=O)c1cc(-n2nc(C(C)(C)C)cc2NC(=O)Nc2ccc(F)cc2)cc2ccccc12. The molecule has 0 atom stereocenters. The Hall–Kier alpha value is -4.20. The summed E-state index contributed by atoms with van der Waals surface area (Å²) in [7, 11) is 0. The Morgan fingerprint density at radius 2 is 1.71 bits per heavy atom. The van der Waals surface area contributed by atoms with Crippen molar-refractivity contribution in [2.75, 3.05) is 17.2 Å². The van der Waals surface area contributed by atoms with E-state index in [-0.39, 0.29) is 12.0 Å². The fraction of sp³-hybridized carbons (Fsp3) is 0.222. The number of carbonyl (C=O) groups excluding carboxylic acids is 2. The van der Waals surface area contributed by atoms with Crippen molar-refractivity contribution in [1.29, 1.82) is 0 Å². The smallest absolute Gasteiger partial charge is 0.338 e. The summed E-state index contributed by atoms with van der Waals surface area (Å²) in [5, 5.41) is 11.9. The van der Waals surface area contributed by atoms with E-state index in [1.807, 2.05) is 51.1 Å². The molecule has 1 heterocycles. The molecule has 180 valence electrons. The number of rotatable bonds is 5. The maximum absolute atomic E-state index is 13.2. The van der Waals surface area contributed by atoms with Gasteiger partial charge in [-0.05, 0) is 54.1 Å². The van der Waals surface area contributed by atoms with Gasteiger partial charge in [-0.2, -0.15) is 5.10 Å². The van der Waals surface area contributed by atoms with Gasteiger partial charge in [0, 0.05) is 17.2 Å². The molecule has 0 aliphatic heterocycles. The maximum Gasteiger partial charge on any atom is 0.338 e. The molecule has 3 aromatic carbocycles. The highest BCUT2D eigenvalue weighted by atomic mass is 19.1. The first-order valence-corrected chi connectivity index (χ1v) is 11.3. The normalized spacial score (nSPS) is 11.3. The predicted molar refractivity (Wildman–Crippen MR) is 135 cm³/mol. The third-order valence-corrected chi connectivity index (χ3v) is 5.41. The topological polar surface area (TPSA) is 85.2 Å². The Morgan fingerprint density at radius 3 is 2.40 bits per heavy atom. The molecule has 4 aromatic rings. The van der Waals surface area contributed by atoms with E-state index in [0.29, 0.717) is 22.8 Å². The van der Waals surface area contributed by atoms with Crippen LogP contribution in [0.3, 0.4) is 0 Å². The molecule has 0 saturated carbocycles. The summed E-state index contributed by atoms with van der Waals surface area (Å²) in [5.74, 6) is -0.408. The maximum atomic E-state index is 13.2. The number of ether oxygens (including phenoxy) is 1. The van der Waals surface area contributed by atoms with Gasteiger partial charge in [-0.1, -0.05) is 45.0 Å². The second kappa shape index (κ2) is 9.58. The highest BCUT2D eigenvalue weighted by Gasteiger charge is 2.23. The first-order chi connectivity index (χ1) is 16.7. The van der Waals surface area contributed by atoms with Crippen LogP contribution in [-0.4, -0.2) is 28.4 Å². The van der Waals surface area contributed by atoms with Gasteiger partial charge >= 0.3 is 12.0 Å². The van der Waals surface area contributed by atoms with Gasteiger partial charge in [0.25, 0.3) is 0 Å². The molecule has 0 bridgehead atoms. The number of nitrogens with zero attached hydrogens (tertiary/aromatic N) is 2. The van der Waals surface area contributed by atoms with Crippen LogP contribution in [0.4, 0.5) is 20.7 Å².